The van der Waals surface area contributed by atoms with E-state index in [1.54, 1.807) is 0 Å². The van der Waals surface area contributed by atoms with Crippen molar-refractivity contribution in [2.24, 2.45) is 0 Å². The minimum Gasteiger partial charge on any atom is -0.467 e. The molecule has 1 heterocycles. The molecule has 0 bridgehead atoms. The lowest BCUT2D eigenvalue weighted by molar-refractivity contribution is -0.145. The third-order valence-corrected chi connectivity index (χ3v) is 4.95. The molecule has 2 N–H and O–H groups in total. The summed E-state index contributed by atoms with van der Waals surface area (Å²) >= 11 is 5.88. The fourth-order valence-corrected chi connectivity index (χ4v) is 3.35. The molecular weight excluding hydrogens is 376 g/mol. The predicted molar refractivity (Wildman–Crippen MR) is 110 cm³/mol. The van der Waals surface area contributed by atoms with E-state index >= 15 is 0 Å². The highest BCUT2D eigenvalue weighted by Crippen LogP contribution is 2.19. The first kappa shape index (κ1) is 20.0. The van der Waals surface area contributed by atoms with Crippen LogP contribution in [0.3, 0.4) is 0 Å². The quantitative estimate of drug-likeness (QED) is 0.562. The predicted octanol–water partition coefficient (Wildman–Crippen LogP) is 4.04. The summed E-state index contributed by atoms with van der Waals surface area (Å²) in [5.74, 6) is -0.611. The van der Waals surface area contributed by atoms with Gasteiger partial charge >= 0.3 is 5.97 Å². The summed E-state index contributed by atoms with van der Waals surface area (Å²) in [5, 5.41) is 4.55. The smallest absolute Gasteiger partial charge is 0.328 e. The number of esters is 1. The Labute approximate surface area is 169 Å². The third-order valence-electron chi connectivity index (χ3n) is 4.70. The summed E-state index contributed by atoms with van der Waals surface area (Å²) in [6, 6.07) is 14.7. The highest BCUT2D eigenvalue weighted by molar-refractivity contribution is 6.30. The molecule has 6 heteroatoms. The van der Waals surface area contributed by atoms with Crippen LogP contribution in [-0.4, -0.2) is 30.0 Å². The lowest BCUT2D eigenvalue weighted by Crippen LogP contribution is -2.43. The van der Waals surface area contributed by atoms with Gasteiger partial charge in [-0.25, -0.2) is 4.79 Å². The van der Waals surface area contributed by atoms with E-state index in [0.29, 0.717) is 24.3 Å². The van der Waals surface area contributed by atoms with Crippen molar-refractivity contribution in [2.45, 2.75) is 31.7 Å². The van der Waals surface area contributed by atoms with Crippen molar-refractivity contribution in [3.63, 3.8) is 0 Å². The second-order valence-electron chi connectivity index (χ2n) is 6.69. The van der Waals surface area contributed by atoms with E-state index in [4.69, 9.17) is 16.3 Å². The molecule has 0 aliphatic carbocycles. The van der Waals surface area contributed by atoms with Crippen LogP contribution in [0.5, 0.6) is 0 Å². The molecule has 28 heavy (non-hydrogen) atoms. The van der Waals surface area contributed by atoms with Crippen LogP contribution in [0.15, 0.2) is 54.7 Å². The average molecular weight is 399 g/mol. The van der Waals surface area contributed by atoms with Crippen LogP contribution >= 0.6 is 11.6 Å². The Morgan fingerprint density at radius 1 is 1.14 bits per heavy atom. The molecule has 5 nitrogen and oxygen atoms in total. The summed E-state index contributed by atoms with van der Waals surface area (Å²) in [7, 11) is 1.33. The van der Waals surface area contributed by atoms with Crippen molar-refractivity contribution in [3.8, 4) is 0 Å². The molecule has 1 atom stereocenters. The number of carbonyl (C=O) groups is 2. The number of H-pyrrole nitrogens is 1. The van der Waals surface area contributed by atoms with Gasteiger partial charge in [-0.2, -0.15) is 0 Å². The second-order valence-corrected chi connectivity index (χ2v) is 7.12. The molecule has 146 valence electrons. The number of ether oxygens (including phenoxy) is 1. The van der Waals surface area contributed by atoms with Gasteiger partial charge in [-0.15, -0.1) is 0 Å². The lowest BCUT2D eigenvalue weighted by Gasteiger charge is -2.16. The molecule has 0 saturated heterocycles. The zero-order valence-electron chi connectivity index (χ0n) is 15.7. The summed E-state index contributed by atoms with van der Waals surface area (Å²) in [5.41, 5.74) is 3.09. The van der Waals surface area contributed by atoms with Crippen molar-refractivity contribution in [3.05, 3.63) is 70.9 Å². The van der Waals surface area contributed by atoms with Gasteiger partial charge in [0.25, 0.3) is 0 Å². The van der Waals surface area contributed by atoms with Crippen LogP contribution in [0.25, 0.3) is 10.9 Å². The number of benzene rings is 2. The largest absolute Gasteiger partial charge is 0.467 e. The number of amides is 1. The zero-order chi connectivity index (χ0) is 19.9. The van der Waals surface area contributed by atoms with Crippen LogP contribution < -0.4 is 5.32 Å². The molecular formula is C22H23ClN2O3. The molecule has 3 rings (SSSR count). The van der Waals surface area contributed by atoms with Gasteiger partial charge in [0, 0.05) is 35.0 Å². The number of methoxy groups -OCH3 is 1. The number of para-hydroxylation sites is 1. The van der Waals surface area contributed by atoms with Crippen molar-refractivity contribution in [1.82, 2.24) is 10.3 Å². The fourth-order valence-electron chi connectivity index (χ4n) is 3.23. The van der Waals surface area contributed by atoms with E-state index in [2.05, 4.69) is 10.3 Å². The van der Waals surface area contributed by atoms with Gasteiger partial charge in [0.15, 0.2) is 0 Å². The van der Waals surface area contributed by atoms with E-state index in [0.717, 1.165) is 28.5 Å². The molecule has 1 aromatic heterocycles. The van der Waals surface area contributed by atoms with E-state index in [9.17, 15) is 9.59 Å². The van der Waals surface area contributed by atoms with E-state index in [1.807, 2.05) is 54.7 Å². The number of hydrogen-bond donors (Lipinski definition) is 2. The number of aryl methyl sites for hydroxylation is 1. The number of aromatic nitrogens is 1. The zero-order valence-corrected chi connectivity index (χ0v) is 16.5. The maximum Gasteiger partial charge on any atom is 0.328 e. The van der Waals surface area contributed by atoms with Crippen molar-refractivity contribution in [1.29, 1.82) is 0 Å². The van der Waals surface area contributed by atoms with Gasteiger partial charge in [-0.3, -0.25) is 4.79 Å². The Balaban J connectivity index is 1.58. The van der Waals surface area contributed by atoms with E-state index in [1.165, 1.54) is 7.11 Å². The number of fused-ring (bicyclic) bond motifs is 1. The first-order chi connectivity index (χ1) is 13.6. The van der Waals surface area contributed by atoms with Gasteiger partial charge in [0.2, 0.25) is 5.91 Å². The van der Waals surface area contributed by atoms with Gasteiger partial charge < -0.3 is 15.0 Å². The molecule has 0 radical (unpaired) electrons. The second kappa shape index (κ2) is 9.42. The number of aromatic amines is 1. The summed E-state index contributed by atoms with van der Waals surface area (Å²) < 4.78 is 4.88. The summed E-state index contributed by atoms with van der Waals surface area (Å²) in [4.78, 5) is 27.7. The molecule has 0 unspecified atom stereocenters. The van der Waals surface area contributed by atoms with Crippen molar-refractivity contribution in [2.75, 3.05) is 7.11 Å². The van der Waals surface area contributed by atoms with Gasteiger partial charge in [0.05, 0.1) is 7.11 Å². The Morgan fingerprint density at radius 3 is 2.64 bits per heavy atom. The Hall–Kier alpha value is -2.79. The van der Waals surface area contributed by atoms with Gasteiger partial charge in [-0.1, -0.05) is 41.9 Å². The normalized spacial score (nSPS) is 11.9. The van der Waals surface area contributed by atoms with Crippen LogP contribution in [0, 0.1) is 0 Å². The highest BCUT2D eigenvalue weighted by Gasteiger charge is 2.23. The van der Waals surface area contributed by atoms with Crippen LogP contribution in [0.2, 0.25) is 5.02 Å². The monoisotopic (exact) mass is 398 g/mol. The van der Waals surface area contributed by atoms with Gasteiger partial charge in [-0.05, 0) is 42.2 Å². The van der Waals surface area contributed by atoms with Gasteiger partial charge in [0.1, 0.15) is 6.04 Å². The first-order valence-corrected chi connectivity index (χ1v) is 9.61. The molecule has 0 aliphatic heterocycles. The SMILES string of the molecule is COC(=O)[C@@H](Cc1c[nH]c2ccccc12)NC(=O)CCCc1ccc(Cl)cc1. The number of nitrogens with one attached hydrogen (secondary N) is 2. The number of rotatable bonds is 8. The Bertz CT molecular complexity index is 950. The van der Waals surface area contributed by atoms with Crippen molar-refractivity contribution >= 4 is 34.4 Å². The molecule has 1 amide bonds. The highest BCUT2D eigenvalue weighted by atomic mass is 35.5. The van der Waals surface area contributed by atoms with E-state index in [-0.39, 0.29) is 5.91 Å². The maximum atomic E-state index is 12.4. The van der Waals surface area contributed by atoms with Crippen molar-refractivity contribution < 1.29 is 14.3 Å². The molecule has 3 aromatic rings. The molecule has 0 saturated carbocycles. The Kier molecular flexibility index (Phi) is 6.71. The van der Waals surface area contributed by atoms with Crippen LogP contribution in [-0.2, 0) is 27.2 Å². The first-order valence-electron chi connectivity index (χ1n) is 9.23. The third kappa shape index (κ3) is 5.14. The number of carbonyl (C=O) groups excluding carboxylic acids is 2. The minimum atomic E-state index is -0.716. The van der Waals surface area contributed by atoms with Crippen LogP contribution in [0.1, 0.15) is 24.0 Å². The average Bonchev–Trinajstić information content (AvgIpc) is 3.11. The Morgan fingerprint density at radius 2 is 1.89 bits per heavy atom. The molecule has 0 spiro atoms. The lowest BCUT2D eigenvalue weighted by atomic mass is 10.0. The summed E-state index contributed by atoms with van der Waals surface area (Å²) in [6.07, 6.45) is 4.04. The summed E-state index contributed by atoms with van der Waals surface area (Å²) in [6.45, 7) is 0. The molecule has 0 aliphatic rings. The minimum absolute atomic E-state index is 0.163. The van der Waals surface area contributed by atoms with E-state index < -0.39 is 12.0 Å². The molecule has 2 aromatic carbocycles. The number of halogens is 1. The maximum absolute atomic E-state index is 12.4. The fraction of sp³-hybridized carbons (Fsp3) is 0.273. The van der Waals surface area contributed by atoms with Crippen LogP contribution in [0.4, 0.5) is 0 Å². The standard InChI is InChI=1S/C22H23ClN2O3/c1-28-22(27)20(13-16-14-24-19-7-3-2-6-18(16)19)25-21(26)8-4-5-15-9-11-17(23)12-10-15/h2-3,6-7,9-12,14,20,24H,4-5,8,13H2,1H3,(H,25,26)/t20-/m1/s1. The molecule has 0 fully saturated rings. The topological polar surface area (TPSA) is 71.2 Å². The number of hydrogen-bond acceptors (Lipinski definition) is 3.